The number of aromatic nitrogens is 1. The van der Waals surface area contributed by atoms with E-state index in [4.69, 9.17) is 4.74 Å². The molecule has 0 radical (unpaired) electrons. The van der Waals surface area contributed by atoms with Gasteiger partial charge in [0.05, 0.1) is 13.3 Å². The summed E-state index contributed by atoms with van der Waals surface area (Å²) in [6.45, 7) is 6.23. The van der Waals surface area contributed by atoms with Gasteiger partial charge in [0, 0.05) is 6.20 Å². The number of pyridine rings is 1. The van der Waals surface area contributed by atoms with E-state index in [0.29, 0.717) is 0 Å². The van der Waals surface area contributed by atoms with E-state index in [9.17, 15) is 0 Å². The van der Waals surface area contributed by atoms with Gasteiger partial charge in [-0.3, -0.25) is 4.98 Å². The van der Waals surface area contributed by atoms with Crippen molar-refractivity contribution in [3.63, 3.8) is 0 Å². The highest BCUT2D eigenvalue weighted by molar-refractivity contribution is 5.21. The summed E-state index contributed by atoms with van der Waals surface area (Å²) in [5, 5.41) is 0. The van der Waals surface area contributed by atoms with Gasteiger partial charge in [-0.1, -0.05) is 20.3 Å². The second-order valence-electron chi connectivity index (χ2n) is 2.61. The highest BCUT2D eigenvalue weighted by Gasteiger charge is 1.88. The molecular weight excluding hydrogens is 150 g/mol. The SMILES string of the molecule is CCC.COc1cncc(C)c1. The minimum absolute atomic E-state index is 0.815. The van der Waals surface area contributed by atoms with E-state index in [1.54, 1.807) is 19.5 Å². The van der Waals surface area contributed by atoms with E-state index in [-0.39, 0.29) is 0 Å². The molecule has 0 fully saturated rings. The molecule has 0 N–H and O–H groups in total. The molecule has 0 saturated heterocycles. The van der Waals surface area contributed by atoms with Crippen molar-refractivity contribution in [2.75, 3.05) is 7.11 Å². The summed E-state index contributed by atoms with van der Waals surface area (Å²) in [4.78, 5) is 3.93. The molecule has 0 amide bonds. The number of hydrogen-bond donors (Lipinski definition) is 0. The Hall–Kier alpha value is -1.05. The van der Waals surface area contributed by atoms with Crippen LogP contribution in [0.4, 0.5) is 0 Å². The lowest BCUT2D eigenvalue weighted by Gasteiger charge is -1.97. The quantitative estimate of drug-likeness (QED) is 0.641. The van der Waals surface area contributed by atoms with Gasteiger partial charge in [0.15, 0.2) is 0 Å². The lowest BCUT2D eigenvalue weighted by Crippen LogP contribution is -1.84. The molecule has 0 aliphatic carbocycles. The Bertz CT molecular complexity index is 211. The smallest absolute Gasteiger partial charge is 0.137 e. The summed E-state index contributed by atoms with van der Waals surface area (Å²) in [5.41, 5.74) is 1.12. The Morgan fingerprint density at radius 1 is 1.33 bits per heavy atom. The molecule has 0 unspecified atom stereocenters. The molecule has 0 aliphatic heterocycles. The van der Waals surface area contributed by atoms with Gasteiger partial charge >= 0.3 is 0 Å². The van der Waals surface area contributed by atoms with Gasteiger partial charge in [-0.2, -0.15) is 0 Å². The predicted molar refractivity (Wildman–Crippen MR) is 51.5 cm³/mol. The van der Waals surface area contributed by atoms with Gasteiger partial charge in [0.1, 0.15) is 5.75 Å². The van der Waals surface area contributed by atoms with Crippen molar-refractivity contribution < 1.29 is 4.74 Å². The minimum Gasteiger partial charge on any atom is -0.495 e. The molecule has 1 aromatic rings. The molecule has 1 rings (SSSR count). The molecule has 0 spiro atoms. The van der Waals surface area contributed by atoms with Crippen molar-refractivity contribution >= 4 is 0 Å². The van der Waals surface area contributed by atoms with E-state index >= 15 is 0 Å². The minimum atomic E-state index is 0.815. The number of hydrogen-bond acceptors (Lipinski definition) is 2. The molecule has 68 valence electrons. The Morgan fingerprint density at radius 3 is 2.25 bits per heavy atom. The van der Waals surface area contributed by atoms with Gasteiger partial charge < -0.3 is 4.74 Å². The first-order valence-electron chi connectivity index (χ1n) is 4.20. The molecule has 1 aromatic heterocycles. The molecule has 12 heavy (non-hydrogen) atoms. The van der Waals surface area contributed by atoms with E-state index in [0.717, 1.165) is 11.3 Å². The van der Waals surface area contributed by atoms with Crippen LogP contribution in [0.25, 0.3) is 0 Å². The van der Waals surface area contributed by atoms with Crippen LogP contribution in [0.2, 0.25) is 0 Å². The fourth-order valence-electron chi connectivity index (χ4n) is 0.639. The Kier molecular flexibility index (Phi) is 6.07. The fraction of sp³-hybridized carbons (Fsp3) is 0.500. The summed E-state index contributed by atoms with van der Waals surface area (Å²) >= 11 is 0. The number of nitrogens with zero attached hydrogens (tertiary/aromatic N) is 1. The summed E-state index contributed by atoms with van der Waals surface area (Å²) in [6.07, 6.45) is 4.73. The van der Waals surface area contributed by atoms with Gasteiger partial charge in [0.2, 0.25) is 0 Å². The molecule has 1 heterocycles. The molecule has 0 aliphatic rings. The van der Waals surface area contributed by atoms with Crippen LogP contribution >= 0.6 is 0 Å². The van der Waals surface area contributed by atoms with Crippen molar-refractivity contribution in [3.8, 4) is 5.75 Å². The Balaban J connectivity index is 0.000000354. The molecule has 0 saturated carbocycles. The standard InChI is InChI=1S/C7H9NO.C3H8/c1-6-3-7(9-2)5-8-4-6;1-3-2/h3-5H,1-2H3;3H2,1-2H3. The topological polar surface area (TPSA) is 22.1 Å². The van der Waals surface area contributed by atoms with Crippen LogP contribution in [0.1, 0.15) is 25.8 Å². The van der Waals surface area contributed by atoms with Crippen LogP contribution < -0.4 is 4.74 Å². The van der Waals surface area contributed by atoms with E-state index in [2.05, 4.69) is 18.8 Å². The van der Waals surface area contributed by atoms with Crippen LogP contribution in [-0.2, 0) is 0 Å². The average Bonchev–Trinajstić information content (AvgIpc) is 2.06. The zero-order valence-electron chi connectivity index (χ0n) is 8.29. The van der Waals surface area contributed by atoms with Crippen molar-refractivity contribution in [1.82, 2.24) is 4.98 Å². The van der Waals surface area contributed by atoms with Crippen molar-refractivity contribution in [3.05, 3.63) is 24.0 Å². The van der Waals surface area contributed by atoms with E-state index < -0.39 is 0 Å². The van der Waals surface area contributed by atoms with Gasteiger partial charge in [-0.25, -0.2) is 0 Å². The maximum absolute atomic E-state index is 4.93. The Morgan fingerprint density at radius 2 is 1.92 bits per heavy atom. The molecule has 2 heteroatoms. The first-order valence-corrected chi connectivity index (χ1v) is 4.20. The number of rotatable bonds is 1. The largest absolute Gasteiger partial charge is 0.495 e. The maximum Gasteiger partial charge on any atom is 0.137 e. The van der Waals surface area contributed by atoms with Crippen LogP contribution in [0.15, 0.2) is 18.5 Å². The normalized spacial score (nSPS) is 8.33. The van der Waals surface area contributed by atoms with Crippen LogP contribution in [0.5, 0.6) is 5.75 Å². The highest BCUT2D eigenvalue weighted by Crippen LogP contribution is 2.07. The van der Waals surface area contributed by atoms with Crippen LogP contribution in [0.3, 0.4) is 0 Å². The van der Waals surface area contributed by atoms with Gasteiger partial charge in [0.25, 0.3) is 0 Å². The molecule has 0 atom stereocenters. The molecule has 2 nitrogen and oxygen atoms in total. The first-order chi connectivity index (χ1) is 5.74. The second kappa shape index (κ2) is 6.65. The second-order valence-corrected chi connectivity index (χ2v) is 2.61. The monoisotopic (exact) mass is 167 g/mol. The zero-order chi connectivity index (χ0) is 9.40. The zero-order valence-corrected chi connectivity index (χ0v) is 8.29. The van der Waals surface area contributed by atoms with Crippen LogP contribution in [0, 0.1) is 6.92 Å². The molecule has 0 aromatic carbocycles. The van der Waals surface area contributed by atoms with Crippen molar-refractivity contribution in [2.24, 2.45) is 0 Å². The highest BCUT2D eigenvalue weighted by atomic mass is 16.5. The first kappa shape index (κ1) is 11.0. The van der Waals surface area contributed by atoms with E-state index in [1.807, 2.05) is 13.0 Å². The predicted octanol–water partition coefficient (Wildman–Crippen LogP) is 2.81. The maximum atomic E-state index is 4.93. The number of ether oxygens (including phenoxy) is 1. The third-order valence-corrected chi connectivity index (χ3v) is 1.09. The lowest BCUT2D eigenvalue weighted by molar-refractivity contribution is 0.412. The Labute approximate surface area is 74.6 Å². The number of aryl methyl sites for hydroxylation is 1. The van der Waals surface area contributed by atoms with Gasteiger partial charge in [-0.15, -0.1) is 0 Å². The summed E-state index contributed by atoms with van der Waals surface area (Å²) in [6, 6.07) is 1.94. The third kappa shape index (κ3) is 4.72. The van der Waals surface area contributed by atoms with Crippen molar-refractivity contribution in [1.29, 1.82) is 0 Å². The molecule has 0 bridgehead atoms. The third-order valence-electron chi connectivity index (χ3n) is 1.09. The number of methoxy groups -OCH3 is 1. The van der Waals surface area contributed by atoms with Crippen LogP contribution in [-0.4, -0.2) is 12.1 Å². The summed E-state index contributed by atoms with van der Waals surface area (Å²) in [7, 11) is 1.64. The molecular formula is C10H17NO. The summed E-state index contributed by atoms with van der Waals surface area (Å²) < 4.78 is 4.93. The fourth-order valence-corrected chi connectivity index (χ4v) is 0.639. The lowest BCUT2D eigenvalue weighted by atomic mass is 10.3. The summed E-state index contributed by atoms with van der Waals surface area (Å²) in [5.74, 6) is 0.815. The van der Waals surface area contributed by atoms with Gasteiger partial charge in [-0.05, 0) is 18.6 Å². The van der Waals surface area contributed by atoms with Crippen molar-refractivity contribution in [2.45, 2.75) is 27.2 Å². The van der Waals surface area contributed by atoms with E-state index in [1.165, 1.54) is 6.42 Å². The average molecular weight is 167 g/mol.